The number of halogens is 3. The summed E-state index contributed by atoms with van der Waals surface area (Å²) in [6.07, 6.45) is 0.880. The molecule has 0 atom stereocenters. The average Bonchev–Trinajstić information content (AvgIpc) is 2.90. The molecule has 7 heteroatoms. The van der Waals surface area contributed by atoms with Crippen molar-refractivity contribution in [2.75, 3.05) is 39.3 Å². The van der Waals surface area contributed by atoms with Gasteiger partial charge in [-0.25, -0.2) is 4.39 Å². The maximum absolute atomic E-state index is 13.0. The number of carbonyl (C=O) groups excluding carboxylic acids is 1. The first-order chi connectivity index (χ1) is 13.0. The summed E-state index contributed by atoms with van der Waals surface area (Å²) >= 11 is 12.1. The van der Waals surface area contributed by atoms with Gasteiger partial charge in [-0.3, -0.25) is 9.69 Å². The topological polar surface area (TPSA) is 32.8 Å². The zero-order valence-electron chi connectivity index (χ0n) is 14.8. The summed E-state index contributed by atoms with van der Waals surface area (Å²) in [6.45, 7) is 4.20. The van der Waals surface area contributed by atoms with Crippen LogP contribution in [0.25, 0.3) is 0 Å². The Hall–Kier alpha value is -1.82. The molecule has 1 heterocycles. The molecule has 27 heavy (non-hydrogen) atoms. The molecular formula is C20H21Cl2FN2O2. The number of carbonyl (C=O) groups is 1. The SMILES string of the molecule is O=C(c1ccc(F)cc1)N1CCCN(CCOc2cc(Cl)ccc2Cl)CC1. The van der Waals surface area contributed by atoms with Gasteiger partial charge in [0, 0.05) is 49.4 Å². The van der Waals surface area contributed by atoms with E-state index in [-0.39, 0.29) is 11.7 Å². The van der Waals surface area contributed by atoms with E-state index in [0.29, 0.717) is 41.1 Å². The quantitative estimate of drug-likeness (QED) is 0.733. The Balaban J connectivity index is 1.49. The Morgan fingerprint density at radius 1 is 1.04 bits per heavy atom. The Morgan fingerprint density at radius 3 is 2.59 bits per heavy atom. The van der Waals surface area contributed by atoms with Crippen LogP contribution in [-0.2, 0) is 0 Å². The molecule has 4 nitrogen and oxygen atoms in total. The van der Waals surface area contributed by atoms with E-state index in [1.54, 1.807) is 18.2 Å². The molecule has 1 aliphatic heterocycles. The second-order valence-corrected chi connectivity index (χ2v) is 7.26. The number of rotatable bonds is 5. The predicted octanol–water partition coefficient (Wildman–Crippen LogP) is 4.36. The second kappa shape index (κ2) is 9.40. The fourth-order valence-electron chi connectivity index (χ4n) is 3.05. The van der Waals surface area contributed by atoms with Crippen LogP contribution < -0.4 is 4.74 Å². The Morgan fingerprint density at radius 2 is 1.81 bits per heavy atom. The van der Waals surface area contributed by atoms with Gasteiger partial charge in [-0.2, -0.15) is 0 Å². The number of amides is 1. The molecule has 0 radical (unpaired) electrons. The van der Waals surface area contributed by atoms with Crippen LogP contribution in [0.3, 0.4) is 0 Å². The van der Waals surface area contributed by atoms with Crippen molar-refractivity contribution in [1.29, 1.82) is 0 Å². The number of hydrogen-bond donors (Lipinski definition) is 0. The molecule has 2 aromatic rings. The first kappa shape index (κ1) is 19.9. The Bertz CT molecular complexity index is 786. The van der Waals surface area contributed by atoms with Crippen LogP contribution in [0.4, 0.5) is 4.39 Å². The summed E-state index contributed by atoms with van der Waals surface area (Å²) in [5.74, 6) is 0.180. The van der Waals surface area contributed by atoms with Crippen molar-refractivity contribution in [1.82, 2.24) is 9.80 Å². The van der Waals surface area contributed by atoms with E-state index in [4.69, 9.17) is 27.9 Å². The summed E-state index contributed by atoms with van der Waals surface area (Å²) in [5, 5.41) is 1.12. The summed E-state index contributed by atoms with van der Waals surface area (Å²) in [5.41, 5.74) is 0.517. The van der Waals surface area contributed by atoms with E-state index < -0.39 is 0 Å². The fourth-order valence-corrected chi connectivity index (χ4v) is 3.38. The zero-order valence-corrected chi connectivity index (χ0v) is 16.3. The van der Waals surface area contributed by atoms with E-state index in [1.807, 2.05) is 4.90 Å². The summed E-state index contributed by atoms with van der Waals surface area (Å²) in [6, 6.07) is 10.8. The van der Waals surface area contributed by atoms with E-state index in [0.717, 1.165) is 26.1 Å². The minimum atomic E-state index is -0.339. The maximum atomic E-state index is 13.0. The van der Waals surface area contributed by atoms with Crippen molar-refractivity contribution in [2.45, 2.75) is 6.42 Å². The van der Waals surface area contributed by atoms with Crippen LogP contribution in [0.5, 0.6) is 5.75 Å². The van der Waals surface area contributed by atoms with Gasteiger partial charge in [-0.15, -0.1) is 0 Å². The first-order valence-corrected chi connectivity index (χ1v) is 9.63. The third-order valence-corrected chi connectivity index (χ3v) is 5.07. The van der Waals surface area contributed by atoms with Crippen LogP contribution in [0.2, 0.25) is 10.0 Å². The lowest BCUT2D eigenvalue weighted by atomic mass is 10.2. The predicted molar refractivity (Wildman–Crippen MR) is 105 cm³/mol. The smallest absolute Gasteiger partial charge is 0.253 e. The van der Waals surface area contributed by atoms with Gasteiger partial charge in [0.2, 0.25) is 0 Å². The molecule has 0 saturated carbocycles. The lowest BCUT2D eigenvalue weighted by Gasteiger charge is -2.22. The molecule has 2 aromatic carbocycles. The molecule has 1 fully saturated rings. The summed E-state index contributed by atoms with van der Waals surface area (Å²) in [7, 11) is 0. The second-order valence-electron chi connectivity index (χ2n) is 6.42. The lowest BCUT2D eigenvalue weighted by molar-refractivity contribution is 0.0760. The number of nitrogens with zero attached hydrogens (tertiary/aromatic N) is 2. The molecule has 1 saturated heterocycles. The molecule has 3 rings (SSSR count). The fraction of sp³-hybridized carbons (Fsp3) is 0.350. The van der Waals surface area contributed by atoms with Gasteiger partial charge in [0.05, 0.1) is 5.02 Å². The molecule has 0 unspecified atom stereocenters. The van der Waals surface area contributed by atoms with Crippen molar-refractivity contribution in [3.63, 3.8) is 0 Å². The Kier molecular flexibility index (Phi) is 6.94. The van der Waals surface area contributed by atoms with Crippen molar-refractivity contribution < 1.29 is 13.9 Å². The average molecular weight is 411 g/mol. The van der Waals surface area contributed by atoms with Crippen LogP contribution >= 0.6 is 23.2 Å². The maximum Gasteiger partial charge on any atom is 0.253 e. The van der Waals surface area contributed by atoms with E-state index in [2.05, 4.69) is 4.90 Å². The van der Waals surface area contributed by atoms with Gasteiger partial charge in [0.15, 0.2) is 0 Å². The highest BCUT2D eigenvalue weighted by Gasteiger charge is 2.20. The lowest BCUT2D eigenvalue weighted by Crippen LogP contribution is -2.36. The van der Waals surface area contributed by atoms with Crippen molar-refractivity contribution in [2.24, 2.45) is 0 Å². The summed E-state index contributed by atoms with van der Waals surface area (Å²) in [4.78, 5) is 16.7. The molecule has 1 aliphatic rings. The minimum Gasteiger partial charge on any atom is -0.491 e. The molecule has 0 bridgehead atoms. The summed E-state index contributed by atoms with van der Waals surface area (Å²) < 4.78 is 18.8. The van der Waals surface area contributed by atoms with Crippen LogP contribution in [0, 0.1) is 5.82 Å². The van der Waals surface area contributed by atoms with Crippen LogP contribution in [0.15, 0.2) is 42.5 Å². The van der Waals surface area contributed by atoms with Crippen molar-refractivity contribution in [3.05, 3.63) is 63.9 Å². The van der Waals surface area contributed by atoms with E-state index >= 15 is 0 Å². The third kappa shape index (κ3) is 5.58. The molecule has 144 valence electrons. The van der Waals surface area contributed by atoms with Crippen molar-refractivity contribution in [3.8, 4) is 5.75 Å². The normalized spacial score (nSPS) is 15.4. The zero-order chi connectivity index (χ0) is 19.2. The molecular weight excluding hydrogens is 390 g/mol. The minimum absolute atomic E-state index is 0.0567. The van der Waals surface area contributed by atoms with Gasteiger partial charge in [0.1, 0.15) is 18.2 Å². The van der Waals surface area contributed by atoms with Gasteiger partial charge in [-0.05, 0) is 42.8 Å². The van der Waals surface area contributed by atoms with Crippen molar-refractivity contribution >= 4 is 29.1 Å². The number of ether oxygens (including phenoxy) is 1. The standard InChI is InChI=1S/C20H21Cl2FN2O2/c21-16-4-7-18(22)19(14-16)27-13-12-24-8-1-9-25(11-10-24)20(26)15-2-5-17(23)6-3-15/h2-7,14H,1,8-13H2. The highest BCUT2D eigenvalue weighted by molar-refractivity contribution is 6.34. The molecule has 1 amide bonds. The van der Waals surface area contributed by atoms with E-state index in [9.17, 15) is 9.18 Å². The van der Waals surface area contributed by atoms with Gasteiger partial charge < -0.3 is 9.64 Å². The largest absolute Gasteiger partial charge is 0.491 e. The van der Waals surface area contributed by atoms with Gasteiger partial charge >= 0.3 is 0 Å². The van der Waals surface area contributed by atoms with Crippen LogP contribution in [0.1, 0.15) is 16.8 Å². The number of benzene rings is 2. The molecule has 0 N–H and O–H groups in total. The van der Waals surface area contributed by atoms with Crippen LogP contribution in [-0.4, -0.2) is 55.0 Å². The highest BCUT2D eigenvalue weighted by atomic mass is 35.5. The Labute approximate surface area is 168 Å². The van der Waals surface area contributed by atoms with E-state index in [1.165, 1.54) is 24.3 Å². The molecule has 0 aromatic heterocycles. The third-order valence-electron chi connectivity index (χ3n) is 4.53. The van der Waals surface area contributed by atoms with Gasteiger partial charge in [0.25, 0.3) is 5.91 Å². The first-order valence-electron chi connectivity index (χ1n) is 8.88. The highest BCUT2D eigenvalue weighted by Crippen LogP contribution is 2.27. The molecule has 0 spiro atoms. The molecule has 0 aliphatic carbocycles. The monoisotopic (exact) mass is 410 g/mol. The number of hydrogen-bond acceptors (Lipinski definition) is 3. The van der Waals surface area contributed by atoms with Gasteiger partial charge in [-0.1, -0.05) is 23.2 Å².